The van der Waals surface area contributed by atoms with Gasteiger partial charge >= 0.3 is 0 Å². The molecule has 6 rings (SSSR count). The molecule has 2 amide bonds. The first-order valence-corrected chi connectivity index (χ1v) is 12.3. The molecule has 1 saturated heterocycles. The standard InChI is InChI=1S/C26H23F2N3O2S/c27-19-7-6-16(10-20(19)28)17-11-18(17)24(33)31-14-26(8-9-26)12-21(31)23(32)30-25-29-13-22(34-25)15-4-2-1-3-5-15/h1-7,10,13,17-18,21H,8-9,11-12,14H2,(H,29,30,32)/t17?,18?,21-/m1/s1. The third-order valence-electron chi connectivity index (χ3n) is 7.32. The molecule has 34 heavy (non-hydrogen) atoms. The number of hydrogen-bond donors (Lipinski definition) is 1. The van der Waals surface area contributed by atoms with Crippen molar-refractivity contribution in [2.45, 2.75) is 37.6 Å². The second-order valence-corrected chi connectivity index (χ2v) is 10.7. The lowest BCUT2D eigenvalue weighted by atomic mass is 10.0. The van der Waals surface area contributed by atoms with Crippen molar-refractivity contribution in [2.24, 2.45) is 11.3 Å². The van der Waals surface area contributed by atoms with E-state index in [4.69, 9.17) is 0 Å². The summed E-state index contributed by atoms with van der Waals surface area (Å²) in [7, 11) is 0. The number of hydrogen-bond acceptors (Lipinski definition) is 4. The first kappa shape index (κ1) is 21.4. The fourth-order valence-electron chi connectivity index (χ4n) is 5.11. The number of likely N-dealkylation sites (tertiary alicyclic amines) is 1. The number of carbonyl (C=O) groups excluding carboxylic acids is 2. The van der Waals surface area contributed by atoms with Gasteiger partial charge in [-0.1, -0.05) is 47.7 Å². The minimum absolute atomic E-state index is 0.0438. The first-order chi connectivity index (χ1) is 16.4. The lowest BCUT2D eigenvalue weighted by molar-refractivity contribution is -0.137. The molecule has 1 spiro atoms. The number of amides is 2. The molecule has 3 aromatic rings. The molecule has 1 aliphatic heterocycles. The minimum Gasteiger partial charge on any atom is -0.330 e. The summed E-state index contributed by atoms with van der Waals surface area (Å²) in [6.07, 6.45) is 5.03. The van der Waals surface area contributed by atoms with Gasteiger partial charge in [0.05, 0.1) is 4.88 Å². The Bertz CT molecular complexity index is 1270. The molecule has 0 radical (unpaired) electrons. The summed E-state index contributed by atoms with van der Waals surface area (Å²) in [5, 5.41) is 3.44. The first-order valence-electron chi connectivity index (χ1n) is 11.5. The number of nitrogens with one attached hydrogen (secondary N) is 1. The number of nitrogens with zero attached hydrogens (tertiary/aromatic N) is 2. The van der Waals surface area contributed by atoms with Gasteiger partial charge in [-0.2, -0.15) is 0 Å². The van der Waals surface area contributed by atoms with Crippen LogP contribution in [-0.2, 0) is 9.59 Å². The lowest BCUT2D eigenvalue weighted by Crippen LogP contribution is -2.44. The van der Waals surface area contributed by atoms with E-state index in [9.17, 15) is 18.4 Å². The molecule has 2 saturated carbocycles. The summed E-state index contributed by atoms with van der Waals surface area (Å²) in [6, 6.07) is 13.1. The van der Waals surface area contributed by atoms with Gasteiger partial charge in [-0.05, 0) is 60.3 Å². The largest absolute Gasteiger partial charge is 0.330 e. The molecule has 3 aliphatic rings. The van der Waals surface area contributed by atoms with E-state index in [-0.39, 0.29) is 29.1 Å². The topological polar surface area (TPSA) is 62.3 Å². The maximum atomic E-state index is 13.7. The number of rotatable bonds is 5. The molecule has 174 valence electrons. The molecule has 0 bridgehead atoms. The van der Waals surface area contributed by atoms with Crippen molar-refractivity contribution in [1.82, 2.24) is 9.88 Å². The van der Waals surface area contributed by atoms with Crippen LogP contribution in [0.1, 0.15) is 37.2 Å². The van der Waals surface area contributed by atoms with Gasteiger partial charge in [0.25, 0.3) is 0 Å². The fourth-order valence-corrected chi connectivity index (χ4v) is 5.93. The molecule has 2 aliphatic carbocycles. The van der Waals surface area contributed by atoms with E-state index in [1.165, 1.54) is 17.4 Å². The molecular weight excluding hydrogens is 456 g/mol. The van der Waals surface area contributed by atoms with E-state index in [0.717, 1.165) is 29.3 Å². The van der Waals surface area contributed by atoms with E-state index >= 15 is 0 Å². The predicted molar refractivity (Wildman–Crippen MR) is 125 cm³/mol. The molecule has 3 atom stereocenters. The van der Waals surface area contributed by atoms with E-state index in [1.54, 1.807) is 17.2 Å². The van der Waals surface area contributed by atoms with Crippen molar-refractivity contribution in [2.75, 3.05) is 11.9 Å². The third kappa shape index (κ3) is 3.90. The fraction of sp³-hybridized carbons (Fsp3) is 0.346. The number of thiazole rings is 1. The quantitative estimate of drug-likeness (QED) is 0.546. The van der Waals surface area contributed by atoms with Crippen LogP contribution in [0, 0.1) is 23.0 Å². The Kier molecular flexibility index (Phi) is 5.02. The zero-order valence-corrected chi connectivity index (χ0v) is 19.2. The van der Waals surface area contributed by atoms with Crippen molar-refractivity contribution in [3.63, 3.8) is 0 Å². The number of carbonyl (C=O) groups is 2. The van der Waals surface area contributed by atoms with Gasteiger partial charge in [0.2, 0.25) is 11.8 Å². The highest BCUT2D eigenvalue weighted by Crippen LogP contribution is 2.57. The predicted octanol–water partition coefficient (Wildman–Crippen LogP) is 5.21. The van der Waals surface area contributed by atoms with Gasteiger partial charge in [-0.15, -0.1) is 0 Å². The number of halogens is 2. The van der Waals surface area contributed by atoms with Gasteiger partial charge in [0.1, 0.15) is 6.04 Å². The van der Waals surface area contributed by atoms with Gasteiger partial charge < -0.3 is 10.2 Å². The summed E-state index contributed by atoms with van der Waals surface area (Å²) in [5.41, 5.74) is 1.71. The minimum atomic E-state index is -0.899. The molecule has 1 N–H and O–H groups in total. The molecule has 8 heteroatoms. The summed E-state index contributed by atoms with van der Waals surface area (Å²) in [4.78, 5) is 33.7. The Morgan fingerprint density at radius 3 is 2.62 bits per heavy atom. The zero-order chi connectivity index (χ0) is 23.4. The maximum absolute atomic E-state index is 13.7. The van der Waals surface area contributed by atoms with Gasteiger partial charge in [-0.25, -0.2) is 13.8 Å². The smallest absolute Gasteiger partial charge is 0.248 e. The van der Waals surface area contributed by atoms with Crippen molar-refractivity contribution in [1.29, 1.82) is 0 Å². The molecular formula is C26H23F2N3O2S. The van der Waals surface area contributed by atoms with Crippen LogP contribution in [-0.4, -0.2) is 34.3 Å². The monoisotopic (exact) mass is 479 g/mol. The normalized spacial score (nSPS) is 24.3. The summed E-state index contributed by atoms with van der Waals surface area (Å²) >= 11 is 1.40. The molecule has 5 nitrogen and oxygen atoms in total. The maximum Gasteiger partial charge on any atom is 0.248 e. The Morgan fingerprint density at radius 1 is 1.09 bits per heavy atom. The van der Waals surface area contributed by atoms with Crippen LogP contribution in [0.4, 0.5) is 13.9 Å². The van der Waals surface area contributed by atoms with E-state index in [2.05, 4.69) is 10.3 Å². The Hall–Kier alpha value is -3.13. The van der Waals surface area contributed by atoms with Crippen LogP contribution < -0.4 is 5.32 Å². The highest BCUT2D eigenvalue weighted by Gasteiger charge is 2.58. The molecule has 2 unspecified atom stereocenters. The number of anilines is 1. The van der Waals surface area contributed by atoms with E-state index in [1.807, 2.05) is 30.3 Å². The molecule has 2 aromatic carbocycles. The van der Waals surface area contributed by atoms with Crippen molar-refractivity contribution in [3.05, 3.63) is 71.9 Å². The van der Waals surface area contributed by atoms with E-state index < -0.39 is 17.7 Å². The summed E-state index contributed by atoms with van der Waals surface area (Å²) in [6.45, 7) is 0.581. The Balaban J connectivity index is 1.16. The SMILES string of the molecule is O=C(Nc1ncc(-c2ccccc2)s1)[C@H]1CC2(CC2)CN1C(=O)C1CC1c1ccc(F)c(F)c1. The lowest BCUT2D eigenvalue weighted by Gasteiger charge is -2.24. The zero-order valence-electron chi connectivity index (χ0n) is 18.3. The molecule has 1 aromatic heterocycles. The van der Waals surface area contributed by atoms with E-state index in [0.29, 0.717) is 30.1 Å². The number of benzene rings is 2. The van der Waals surface area contributed by atoms with Gasteiger partial charge in [0, 0.05) is 18.7 Å². The second kappa shape index (κ2) is 7.98. The highest BCUT2D eigenvalue weighted by molar-refractivity contribution is 7.19. The van der Waals surface area contributed by atoms with Gasteiger partial charge in [-0.3, -0.25) is 9.59 Å². The molecule has 2 heterocycles. The van der Waals surface area contributed by atoms with Crippen LogP contribution >= 0.6 is 11.3 Å². The highest BCUT2D eigenvalue weighted by atomic mass is 32.1. The van der Waals surface area contributed by atoms with Crippen LogP contribution in [0.5, 0.6) is 0 Å². The summed E-state index contributed by atoms with van der Waals surface area (Å²) in [5.74, 6) is -2.49. The molecule has 3 fully saturated rings. The van der Waals surface area contributed by atoms with Crippen LogP contribution in [0.25, 0.3) is 10.4 Å². The average Bonchev–Trinajstić information content (AvgIpc) is 3.71. The van der Waals surface area contributed by atoms with Crippen molar-refractivity contribution < 1.29 is 18.4 Å². The second-order valence-electron chi connectivity index (χ2n) is 9.69. The summed E-state index contributed by atoms with van der Waals surface area (Å²) < 4.78 is 27.0. The third-order valence-corrected chi connectivity index (χ3v) is 8.29. The Morgan fingerprint density at radius 2 is 1.88 bits per heavy atom. The van der Waals surface area contributed by atoms with Crippen molar-refractivity contribution >= 4 is 28.3 Å². The van der Waals surface area contributed by atoms with Gasteiger partial charge in [0.15, 0.2) is 16.8 Å². The van der Waals surface area contributed by atoms with Crippen LogP contribution in [0.2, 0.25) is 0 Å². The average molecular weight is 480 g/mol. The van der Waals surface area contributed by atoms with Crippen LogP contribution in [0.15, 0.2) is 54.7 Å². The number of aromatic nitrogens is 1. The van der Waals surface area contributed by atoms with Crippen molar-refractivity contribution in [3.8, 4) is 10.4 Å². The Labute approximate surface area is 199 Å². The van der Waals surface area contributed by atoms with Crippen LogP contribution in [0.3, 0.4) is 0 Å².